The molecule has 0 aliphatic rings. The summed E-state index contributed by atoms with van der Waals surface area (Å²) in [5.74, 6) is -0.798. The van der Waals surface area contributed by atoms with Crippen molar-refractivity contribution in [2.45, 2.75) is 12.5 Å². The fourth-order valence-electron chi connectivity index (χ4n) is 1.81. The number of halogens is 3. The zero-order chi connectivity index (χ0) is 13.1. The van der Waals surface area contributed by atoms with E-state index < -0.39 is 11.9 Å². The van der Waals surface area contributed by atoms with Crippen LogP contribution in [0.15, 0.2) is 42.5 Å². The van der Waals surface area contributed by atoms with Crippen molar-refractivity contribution in [2.75, 3.05) is 0 Å². The van der Waals surface area contributed by atoms with Crippen LogP contribution in [0.5, 0.6) is 0 Å². The molecule has 0 aliphatic heterocycles. The van der Waals surface area contributed by atoms with Gasteiger partial charge >= 0.3 is 0 Å². The SMILES string of the molecule is NC(Cc1ccccc1F)c1ccc(Cl)cc1F. The Kier molecular flexibility index (Phi) is 3.94. The van der Waals surface area contributed by atoms with Crippen molar-refractivity contribution >= 4 is 11.6 Å². The maximum absolute atomic E-state index is 13.6. The van der Waals surface area contributed by atoms with E-state index in [4.69, 9.17) is 17.3 Å². The Morgan fingerprint density at radius 1 is 1.06 bits per heavy atom. The van der Waals surface area contributed by atoms with Crippen molar-refractivity contribution < 1.29 is 8.78 Å². The van der Waals surface area contributed by atoms with Crippen molar-refractivity contribution in [2.24, 2.45) is 5.73 Å². The standard InChI is InChI=1S/C14H12ClF2N/c15-10-5-6-11(13(17)8-10)14(18)7-9-3-1-2-4-12(9)16/h1-6,8,14H,7,18H2. The third-order valence-electron chi connectivity index (χ3n) is 2.76. The summed E-state index contributed by atoms with van der Waals surface area (Å²) in [5, 5.41) is 0.314. The molecule has 18 heavy (non-hydrogen) atoms. The fraction of sp³-hybridized carbons (Fsp3) is 0.143. The first-order valence-electron chi connectivity index (χ1n) is 5.52. The number of hydrogen-bond donors (Lipinski definition) is 1. The Hall–Kier alpha value is -1.45. The van der Waals surface area contributed by atoms with Gasteiger partial charge in [-0.3, -0.25) is 0 Å². The molecule has 2 rings (SSSR count). The van der Waals surface area contributed by atoms with E-state index >= 15 is 0 Å². The maximum Gasteiger partial charge on any atom is 0.129 e. The molecule has 0 aromatic heterocycles. The summed E-state index contributed by atoms with van der Waals surface area (Å²) in [6, 6.07) is 10.0. The van der Waals surface area contributed by atoms with Crippen LogP contribution >= 0.6 is 11.6 Å². The molecule has 1 nitrogen and oxygen atoms in total. The summed E-state index contributed by atoms with van der Waals surface area (Å²) in [7, 11) is 0. The summed E-state index contributed by atoms with van der Waals surface area (Å²) >= 11 is 5.67. The first-order chi connectivity index (χ1) is 8.58. The van der Waals surface area contributed by atoms with Gasteiger partial charge in [0.15, 0.2) is 0 Å². The molecule has 0 saturated carbocycles. The van der Waals surface area contributed by atoms with E-state index in [0.717, 1.165) is 0 Å². The molecule has 1 unspecified atom stereocenters. The summed E-state index contributed by atoms with van der Waals surface area (Å²) < 4.78 is 27.1. The number of rotatable bonds is 3. The minimum Gasteiger partial charge on any atom is -0.324 e. The fourth-order valence-corrected chi connectivity index (χ4v) is 1.97. The first-order valence-corrected chi connectivity index (χ1v) is 5.89. The Labute approximate surface area is 109 Å². The van der Waals surface area contributed by atoms with Crippen LogP contribution in [0.2, 0.25) is 5.02 Å². The second-order valence-corrected chi connectivity index (χ2v) is 4.50. The van der Waals surface area contributed by atoms with Gasteiger partial charge in [0.25, 0.3) is 0 Å². The molecule has 94 valence electrons. The zero-order valence-corrected chi connectivity index (χ0v) is 10.3. The molecule has 0 fully saturated rings. The molecular formula is C14H12ClF2N. The second kappa shape index (κ2) is 5.46. The van der Waals surface area contributed by atoms with E-state index in [1.54, 1.807) is 24.3 Å². The normalized spacial score (nSPS) is 12.4. The van der Waals surface area contributed by atoms with E-state index in [1.165, 1.54) is 18.2 Å². The highest BCUT2D eigenvalue weighted by Gasteiger charge is 2.14. The molecule has 2 aromatic carbocycles. The largest absolute Gasteiger partial charge is 0.324 e. The average molecular weight is 268 g/mol. The predicted octanol–water partition coefficient (Wildman–Crippen LogP) is 3.86. The summed E-state index contributed by atoms with van der Waals surface area (Å²) in [4.78, 5) is 0. The lowest BCUT2D eigenvalue weighted by Crippen LogP contribution is -2.15. The second-order valence-electron chi connectivity index (χ2n) is 4.07. The molecule has 0 aliphatic carbocycles. The molecule has 0 radical (unpaired) electrons. The predicted molar refractivity (Wildman–Crippen MR) is 68.4 cm³/mol. The Morgan fingerprint density at radius 2 is 1.78 bits per heavy atom. The van der Waals surface area contributed by atoms with Crippen molar-refractivity contribution in [1.29, 1.82) is 0 Å². The molecule has 0 bridgehead atoms. The summed E-state index contributed by atoms with van der Waals surface area (Å²) in [5.41, 5.74) is 6.70. The summed E-state index contributed by atoms with van der Waals surface area (Å²) in [6.45, 7) is 0. The van der Waals surface area contributed by atoms with Crippen LogP contribution < -0.4 is 5.73 Å². The highest BCUT2D eigenvalue weighted by molar-refractivity contribution is 6.30. The molecule has 0 saturated heterocycles. The molecule has 0 amide bonds. The van der Waals surface area contributed by atoms with Crippen LogP contribution in [0.1, 0.15) is 17.2 Å². The Balaban J connectivity index is 2.22. The van der Waals surface area contributed by atoms with Gasteiger partial charge in [-0.25, -0.2) is 8.78 Å². The zero-order valence-electron chi connectivity index (χ0n) is 9.54. The van der Waals surface area contributed by atoms with Gasteiger partial charge < -0.3 is 5.73 Å². The third kappa shape index (κ3) is 2.86. The highest BCUT2D eigenvalue weighted by Crippen LogP contribution is 2.23. The number of nitrogens with two attached hydrogens (primary N) is 1. The van der Waals surface area contributed by atoms with Crippen molar-refractivity contribution in [1.82, 2.24) is 0 Å². The van der Waals surface area contributed by atoms with Gasteiger partial charge in [0, 0.05) is 16.6 Å². The molecule has 0 heterocycles. The number of hydrogen-bond acceptors (Lipinski definition) is 1. The van der Waals surface area contributed by atoms with Gasteiger partial charge in [0.1, 0.15) is 11.6 Å². The van der Waals surface area contributed by atoms with Gasteiger partial charge in [-0.1, -0.05) is 35.9 Å². The molecule has 2 aromatic rings. The van der Waals surface area contributed by atoms with Crippen LogP contribution in [-0.4, -0.2) is 0 Å². The van der Waals surface area contributed by atoms with E-state index in [2.05, 4.69) is 0 Å². The lowest BCUT2D eigenvalue weighted by Gasteiger charge is -2.13. The van der Waals surface area contributed by atoms with Gasteiger partial charge in [-0.2, -0.15) is 0 Å². The molecule has 4 heteroatoms. The topological polar surface area (TPSA) is 26.0 Å². The minimum atomic E-state index is -0.598. The molecular weight excluding hydrogens is 256 g/mol. The van der Waals surface area contributed by atoms with Crippen LogP contribution in [0.25, 0.3) is 0 Å². The number of benzene rings is 2. The summed E-state index contributed by atoms with van der Waals surface area (Å²) in [6.07, 6.45) is 0.241. The highest BCUT2D eigenvalue weighted by atomic mass is 35.5. The average Bonchev–Trinajstić information content (AvgIpc) is 2.32. The smallest absolute Gasteiger partial charge is 0.129 e. The third-order valence-corrected chi connectivity index (χ3v) is 2.99. The Bertz CT molecular complexity index is 557. The van der Waals surface area contributed by atoms with E-state index in [0.29, 0.717) is 16.1 Å². The monoisotopic (exact) mass is 267 g/mol. The van der Waals surface area contributed by atoms with Gasteiger partial charge in [0.2, 0.25) is 0 Å². The molecule has 2 N–H and O–H groups in total. The Morgan fingerprint density at radius 3 is 2.44 bits per heavy atom. The van der Waals surface area contributed by atoms with E-state index in [1.807, 2.05) is 0 Å². The molecule has 0 spiro atoms. The van der Waals surface area contributed by atoms with Crippen LogP contribution in [0.3, 0.4) is 0 Å². The van der Waals surface area contributed by atoms with E-state index in [-0.39, 0.29) is 12.2 Å². The van der Waals surface area contributed by atoms with Crippen molar-refractivity contribution in [3.63, 3.8) is 0 Å². The lowest BCUT2D eigenvalue weighted by molar-refractivity contribution is 0.563. The quantitative estimate of drug-likeness (QED) is 0.898. The van der Waals surface area contributed by atoms with Gasteiger partial charge in [-0.05, 0) is 30.2 Å². The first kappa shape index (κ1) is 13.0. The van der Waals surface area contributed by atoms with Gasteiger partial charge in [-0.15, -0.1) is 0 Å². The van der Waals surface area contributed by atoms with Crippen LogP contribution in [0.4, 0.5) is 8.78 Å². The van der Waals surface area contributed by atoms with Crippen molar-refractivity contribution in [3.05, 3.63) is 70.2 Å². The lowest BCUT2D eigenvalue weighted by atomic mass is 9.99. The molecule has 1 atom stereocenters. The van der Waals surface area contributed by atoms with Gasteiger partial charge in [0.05, 0.1) is 0 Å². The minimum absolute atomic E-state index is 0.241. The van der Waals surface area contributed by atoms with Crippen LogP contribution in [-0.2, 0) is 6.42 Å². The van der Waals surface area contributed by atoms with Crippen LogP contribution in [0, 0.1) is 11.6 Å². The van der Waals surface area contributed by atoms with Crippen molar-refractivity contribution in [3.8, 4) is 0 Å². The maximum atomic E-state index is 13.6. The van der Waals surface area contributed by atoms with E-state index in [9.17, 15) is 8.78 Å².